The lowest BCUT2D eigenvalue weighted by Gasteiger charge is -2.40. The number of hydrogen-bond donors (Lipinski definition) is 4. The Labute approximate surface area is 423 Å². The summed E-state index contributed by atoms with van der Waals surface area (Å²) in [5.74, 6) is 1.64. The van der Waals surface area contributed by atoms with Gasteiger partial charge in [0.2, 0.25) is 18.0 Å². The molecule has 0 spiro atoms. The third kappa shape index (κ3) is 9.23. The number of imidazole rings is 2. The van der Waals surface area contributed by atoms with Crippen LogP contribution in [0.25, 0.3) is 44.7 Å². The summed E-state index contributed by atoms with van der Waals surface area (Å²) in [7, 11) is 2.61. The molecule has 3 saturated heterocycles. The Morgan fingerprint density at radius 2 is 1.51 bits per heavy atom. The molecule has 2 unspecified atom stereocenters. The number of aromatic amines is 2. The third-order valence-electron chi connectivity index (χ3n) is 15.0. The number of rotatable bonds is 12. The molecule has 3 fully saturated rings. The molecule has 380 valence electrons. The summed E-state index contributed by atoms with van der Waals surface area (Å²) in [6.45, 7) is 13.8. The van der Waals surface area contributed by atoms with Crippen molar-refractivity contribution in [3.05, 3.63) is 87.9 Å². The molecule has 4 aliphatic heterocycles. The van der Waals surface area contributed by atoms with E-state index in [1.807, 2.05) is 49.9 Å². The molecule has 18 heteroatoms. The summed E-state index contributed by atoms with van der Waals surface area (Å²) in [5, 5.41) is 6.65. The highest BCUT2D eigenvalue weighted by atomic mass is 32.1. The van der Waals surface area contributed by atoms with Crippen molar-refractivity contribution >= 4 is 46.2 Å². The number of carbonyl (C=O) groups excluding carboxylic acids is 4. The lowest BCUT2D eigenvalue weighted by atomic mass is 9.82. The van der Waals surface area contributed by atoms with Crippen LogP contribution in [0.2, 0.25) is 0 Å². The summed E-state index contributed by atoms with van der Waals surface area (Å²) in [6.07, 6.45) is 7.32. The average molecular weight is 1000 g/mol. The Bertz CT molecular complexity index is 3020. The topological polar surface area (TPSA) is 198 Å². The van der Waals surface area contributed by atoms with E-state index >= 15 is 0 Å². The number of hydrogen-bond acceptors (Lipinski definition) is 11. The van der Waals surface area contributed by atoms with Crippen molar-refractivity contribution < 1.29 is 38.1 Å². The van der Waals surface area contributed by atoms with Gasteiger partial charge in [0.25, 0.3) is 0 Å². The fourth-order valence-corrected chi connectivity index (χ4v) is 12.4. The molecular weight excluding hydrogens is 935 g/mol. The van der Waals surface area contributed by atoms with Gasteiger partial charge in [-0.05, 0) is 126 Å². The van der Waals surface area contributed by atoms with E-state index < -0.39 is 36.1 Å². The zero-order chi connectivity index (χ0) is 50.6. The number of aromatic nitrogens is 5. The van der Waals surface area contributed by atoms with E-state index in [1.165, 1.54) is 19.1 Å². The highest BCUT2D eigenvalue weighted by Crippen LogP contribution is 2.49. The monoisotopic (exact) mass is 999 g/mol. The van der Waals surface area contributed by atoms with Gasteiger partial charge in [-0.25, -0.2) is 19.6 Å². The van der Waals surface area contributed by atoms with Gasteiger partial charge in [0.05, 0.1) is 71.8 Å². The minimum Gasteiger partial charge on any atom is -0.464 e. The van der Waals surface area contributed by atoms with Gasteiger partial charge in [-0.2, -0.15) is 0 Å². The first kappa shape index (κ1) is 48.9. The molecule has 8 heterocycles. The summed E-state index contributed by atoms with van der Waals surface area (Å²) in [4.78, 5) is 76.0. The molecule has 72 heavy (non-hydrogen) atoms. The molecule has 10 rings (SSSR count). The van der Waals surface area contributed by atoms with E-state index in [1.54, 1.807) is 11.3 Å². The number of aryl methyl sites for hydroxylation is 2. The first-order valence-electron chi connectivity index (χ1n) is 25.2. The van der Waals surface area contributed by atoms with Crippen molar-refractivity contribution in [1.29, 1.82) is 0 Å². The molecular formula is C54H65N9O8S. The Kier molecular flexibility index (Phi) is 13.4. The number of thiophene rings is 1. The second-order valence-electron chi connectivity index (χ2n) is 20.5. The second kappa shape index (κ2) is 19.7. The molecule has 6 atom stereocenters. The zero-order valence-corrected chi connectivity index (χ0v) is 43.1. The van der Waals surface area contributed by atoms with E-state index in [2.05, 4.69) is 87.5 Å². The van der Waals surface area contributed by atoms with E-state index in [-0.39, 0.29) is 35.7 Å². The van der Waals surface area contributed by atoms with Crippen LogP contribution < -0.4 is 15.4 Å². The van der Waals surface area contributed by atoms with Gasteiger partial charge < -0.3 is 49.3 Å². The molecule has 0 saturated carbocycles. The summed E-state index contributed by atoms with van der Waals surface area (Å²) in [5.41, 5.74) is 7.23. The number of alkyl carbamates (subject to hydrolysis) is 2. The van der Waals surface area contributed by atoms with Gasteiger partial charge in [0, 0.05) is 46.7 Å². The SMILES string of the molecule is CCc1ccc(C2Oc3cc(-c4cnc([C@@H]5CCCN5C(=O)[C@@H](NC(=O)OC)C(C)C)[nH]4)cc(C)c3-c3cc4cc(-c5cnc([C@@H]6CCCN6C(=O)[C@@H](NC(=O)OC)C6CCOC(C)(C)C6)[nH]5)ccc4n32)s1. The fourth-order valence-electron chi connectivity index (χ4n) is 11.4. The van der Waals surface area contributed by atoms with Crippen LogP contribution in [0, 0.1) is 18.8 Å². The summed E-state index contributed by atoms with van der Waals surface area (Å²) in [6, 6.07) is 15.3. The van der Waals surface area contributed by atoms with E-state index in [0.29, 0.717) is 44.2 Å². The molecule has 2 aromatic carbocycles. The normalized spacial score (nSPS) is 21.2. The quantitative estimate of drug-likeness (QED) is 0.0916. The lowest BCUT2D eigenvalue weighted by Crippen LogP contribution is -2.54. The van der Waals surface area contributed by atoms with E-state index in [9.17, 15) is 19.2 Å². The highest BCUT2D eigenvalue weighted by Gasteiger charge is 2.43. The van der Waals surface area contributed by atoms with Crippen LogP contribution in [-0.2, 0) is 30.2 Å². The minimum absolute atomic E-state index is 0.105. The molecule has 0 bridgehead atoms. The first-order valence-corrected chi connectivity index (χ1v) is 26.1. The van der Waals surface area contributed by atoms with Crippen molar-refractivity contribution in [2.45, 2.75) is 122 Å². The summed E-state index contributed by atoms with van der Waals surface area (Å²) >= 11 is 1.75. The predicted octanol–water partition coefficient (Wildman–Crippen LogP) is 9.60. The van der Waals surface area contributed by atoms with Crippen LogP contribution in [-0.4, -0.2) is 110 Å². The standard InChI is InChI=1S/C54H65N9O8S/c1-9-35-15-17-43(72-35)51-63-38-16-14-31(36-27-55-47(57-36)40-13-11-20-62(40)50(65)46(60-53(67)69-8)32-18-21-70-54(5,6)26-32)23-34(38)24-41(63)44-30(4)22-33(25-42(44)71-51)37-28-56-48(58-37)39-12-10-19-61(39)49(64)45(29(2)3)59-52(66)68-7/h14-17,22-25,27-29,32,39-40,45-46,51H,9-13,18-21,26H2,1-8H3,(H,55,57)(H,56,58)(H,59,66)(H,60,67)/t32?,39-,40-,45-,46-,51?/m0/s1. The van der Waals surface area contributed by atoms with Crippen LogP contribution >= 0.6 is 11.3 Å². The maximum Gasteiger partial charge on any atom is 0.407 e. The van der Waals surface area contributed by atoms with E-state index in [0.717, 1.165) is 93.0 Å². The number of methoxy groups -OCH3 is 2. The zero-order valence-electron chi connectivity index (χ0n) is 42.3. The molecule has 4 aliphatic rings. The molecule has 0 radical (unpaired) electrons. The van der Waals surface area contributed by atoms with Gasteiger partial charge in [0.15, 0.2) is 0 Å². The number of fused-ring (bicyclic) bond motifs is 5. The molecule has 17 nitrogen and oxygen atoms in total. The number of amides is 4. The number of likely N-dealkylation sites (tertiary alicyclic amines) is 2. The van der Waals surface area contributed by atoms with Gasteiger partial charge in [-0.3, -0.25) is 14.2 Å². The van der Waals surface area contributed by atoms with Crippen molar-refractivity contribution in [2.75, 3.05) is 33.9 Å². The van der Waals surface area contributed by atoms with Gasteiger partial charge in [0.1, 0.15) is 29.5 Å². The van der Waals surface area contributed by atoms with Crippen LogP contribution in [0.1, 0.15) is 118 Å². The van der Waals surface area contributed by atoms with Crippen LogP contribution in [0.5, 0.6) is 5.75 Å². The van der Waals surface area contributed by atoms with Crippen LogP contribution in [0.3, 0.4) is 0 Å². The lowest BCUT2D eigenvalue weighted by molar-refractivity contribution is -0.139. The molecule has 6 aromatic rings. The Morgan fingerprint density at radius 3 is 2.15 bits per heavy atom. The van der Waals surface area contributed by atoms with Gasteiger partial charge >= 0.3 is 12.2 Å². The number of benzene rings is 2. The van der Waals surface area contributed by atoms with Gasteiger partial charge in [-0.15, -0.1) is 11.3 Å². The molecule has 4 N–H and O–H groups in total. The Morgan fingerprint density at radius 1 is 0.847 bits per heavy atom. The summed E-state index contributed by atoms with van der Waals surface area (Å²) < 4.78 is 25.2. The highest BCUT2D eigenvalue weighted by molar-refractivity contribution is 7.12. The molecule has 0 aliphatic carbocycles. The van der Waals surface area contributed by atoms with Crippen LogP contribution in [0.15, 0.2) is 60.9 Å². The Hall–Kier alpha value is -6.66. The maximum absolute atomic E-state index is 14.4. The number of nitrogens with zero attached hydrogens (tertiary/aromatic N) is 5. The first-order chi connectivity index (χ1) is 34.6. The van der Waals surface area contributed by atoms with Crippen molar-refractivity contribution in [3.8, 4) is 39.5 Å². The van der Waals surface area contributed by atoms with E-state index in [4.69, 9.17) is 28.9 Å². The molecule has 4 amide bonds. The minimum atomic E-state index is -0.748. The Balaban J connectivity index is 0.945. The number of carbonyl (C=O) groups is 4. The molecule has 4 aromatic heterocycles. The van der Waals surface area contributed by atoms with Crippen LogP contribution in [0.4, 0.5) is 9.59 Å². The number of ether oxygens (including phenoxy) is 4. The third-order valence-corrected chi connectivity index (χ3v) is 16.2. The number of H-pyrrole nitrogens is 2. The van der Waals surface area contributed by atoms with Crippen molar-refractivity contribution in [2.24, 2.45) is 11.8 Å². The second-order valence-corrected chi connectivity index (χ2v) is 21.7. The fraction of sp³-hybridized carbons (Fsp3) is 0.481. The maximum atomic E-state index is 14.4. The number of nitrogens with one attached hydrogen (secondary N) is 4. The largest absolute Gasteiger partial charge is 0.464 e. The average Bonchev–Trinajstić information content (AvgIpc) is 4.23. The van der Waals surface area contributed by atoms with Crippen molar-refractivity contribution in [3.63, 3.8) is 0 Å². The predicted molar refractivity (Wildman–Crippen MR) is 273 cm³/mol. The van der Waals surface area contributed by atoms with Crippen molar-refractivity contribution in [1.82, 2.24) is 44.9 Å². The smallest absolute Gasteiger partial charge is 0.407 e. The van der Waals surface area contributed by atoms with Gasteiger partial charge in [-0.1, -0.05) is 26.8 Å².